The zero-order valence-corrected chi connectivity index (χ0v) is 41.2. The fraction of sp³-hybridized carbons (Fsp3) is 0.719. The molecule has 6 heteroatoms. The van der Waals surface area contributed by atoms with Crippen LogP contribution in [0.25, 0.3) is 0 Å². The monoisotopic (exact) mass is 878 g/mol. The fourth-order valence-electron chi connectivity index (χ4n) is 7.50. The van der Waals surface area contributed by atoms with Crippen molar-refractivity contribution >= 4 is 11.9 Å². The summed E-state index contributed by atoms with van der Waals surface area (Å²) in [5.74, 6) is -0.712. The van der Waals surface area contributed by atoms with Crippen LogP contribution in [-0.4, -0.2) is 46.9 Å². The summed E-state index contributed by atoms with van der Waals surface area (Å²) in [6.07, 6.45) is 65.5. The lowest BCUT2D eigenvalue weighted by atomic mass is 10.0. The summed E-state index contributed by atoms with van der Waals surface area (Å²) in [4.78, 5) is 26.0. The van der Waals surface area contributed by atoms with E-state index in [0.717, 1.165) is 57.8 Å². The van der Waals surface area contributed by atoms with E-state index in [-0.39, 0.29) is 31.3 Å². The normalized spacial score (nSPS) is 13.9. The maximum atomic E-state index is 13.2. The number of rotatable bonds is 46. The predicted octanol–water partition coefficient (Wildman–Crippen LogP) is 16.0. The third kappa shape index (κ3) is 45.4. The van der Waals surface area contributed by atoms with Gasteiger partial charge in [-0.2, -0.15) is 0 Å². The number of esters is 1. The van der Waals surface area contributed by atoms with Gasteiger partial charge in [-0.05, 0) is 70.3 Å². The van der Waals surface area contributed by atoms with Gasteiger partial charge >= 0.3 is 5.97 Å². The van der Waals surface area contributed by atoms with Crippen molar-refractivity contribution in [3.05, 3.63) is 85.1 Å². The Balaban J connectivity index is 4.72. The van der Waals surface area contributed by atoms with Crippen molar-refractivity contribution in [3.63, 3.8) is 0 Å². The number of hydrogen-bond acceptors (Lipinski definition) is 5. The molecule has 1 amide bonds. The molecular weight excluding hydrogens is 779 g/mol. The molecule has 6 nitrogen and oxygen atoms in total. The molecule has 3 unspecified atom stereocenters. The third-order valence-corrected chi connectivity index (χ3v) is 11.5. The maximum absolute atomic E-state index is 13.2. The molecule has 0 heterocycles. The number of allylic oxidation sites excluding steroid dienone is 13. The standard InChI is InChI=1S/C57H99NO5/c1-4-7-10-13-16-19-22-25-27-28-29-32-34-37-40-43-46-49-55(60)54(52-59)58-56(61)51-53(48-45-42-39-36-33-31-26-23-20-17-14-11-8-5-2)63-57(62)50-47-44-41-38-35-30-24-21-18-15-12-9-6-3/h8,11,17,20,26,30-31,35-36,39,41,44-45,48,53-55,59-60H,4-7,9-10,12-16,18-19,21-25,27-29,32-34,37-38,40,42-43,46-47,49-52H2,1-3H3,(H,58,61)/b11-8+,20-17+,31-26+,35-30-,39-36+,44-41+,48-45+. The lowest BCUT2D eigenvalue weighted by molar-refractivity contribution is -0.148. The zero-order valence-electron chi connectivity index (χ0n) is 41.2. The quantitative estimate of drug-likeness (QED) is 0.0322. The average molecular weight is 878 g/mol. The summed E-state index contributed by atoms with van der Waals surface area (Å²) in [5, 5.41) is 23.7. The summed E-state index contributed by atoms with van der Waals surface area (Å²) < 4.78 is 5.78. The SMILES string of the molecule is CC/C=C/C/C=C/C/C=C/C/C=C/C/C=C/C(CC(=O)NC(CO)C(O)CCCCCCCCCCCCCCCCCCC)OC(=O)CC/C=C/C/C=C\CCCCCCCC. The molecule has 0 aromatic heterocycles. The summed E-state index contributed by atoms with van der Waals surface area (Å²) in [5.41, 5.74) is 0. The van der Waals surface area contributed by atoms with E-state index in [1.807, 2.05) is 12.2 Å². The van der Waals surface area contributed by atoms with Crippen LogP contribution in [0.2, 0.25) is 0 Å². The van der Waals surface area contributed by atoms with E-state index >= 15 is 0 Å². The number of hydrogen-bond donors (Lipinski definition) is 3. The molecule has 0 bridgehead atoms. The van der Waals surface area contributed by atoms with Gasteiger partial charge in [0, 0.05) is 6.42 Å². The van der Waals surface area contributed by atoms with Gasteiger partial charge in [0.05, 0.1) is 25.2 Å². The Kier molecular flexibility index (Phi) is 47.7. The van der Waals surface area contributed by atoms with Crippen LogP contribution >= 0.6 is 0 Å². The number of aliphatic hydroxyl groups is 2. The number of carbonyl (C=O) groups is 2. The second-order valence-corrected chi connectivity index (χ2v) is 17.5. The molecule has 0 fully saturated rings. The van der Waals surface area contributed by atoms with Crippen molar-refractivity contribution in [2.45, 2.75) is 257 Å². The number of unbranched alkanes of at least 4 members (excludes halogenated alkanes) is 22. The first kappa shape index (κ1) is 60.0. The minimum absolute atomic E-state index is 0.0714. The Morgan fingerprint density at radius 1 is 0.492 bits per heavy atom. The van der Waals surface area contributed by atoms with E-state index in [4.69, 9.17) is 4.74 Å². The van der Waals surface area contributed by atoms with Crippen LogP contribution in [0.4, 0.5) is 0 Å². The van der Waals surface area contributed by atoms with E-state index in [1.54, 1.807) is 6.08 Å². The van der Waals surface area contributed by atoms with Gasteiger partial charge in [-0.25, -0.2) is 0 Å². The van der Waals surface area contributed by atoms with Crippen molar-refractivity contribution in [2.75, 3.05) is 6.61 Å². The lowest BCUT2D eigenvalue weighted by Gasteiger charge is -2.23. The van der Waals surface area contributed by atoms with Crippen LogP contribution in [-0.2, 0) is 14.3 Å². The van der Waals surface area contributed by atoms with Gasteiger partial charge in [0.25, 0.3) is 0 Å². The Morgan fingerprint density at radius 2 is 0.889 bits per heavy atom. The summed E-state index contributed by atoms with van der Waals surface area (Å²) >= 11 is 0. The topological polar surface area (TPSA) is 95.9 Å². The van der Waals surface area contributed by atoms with Gasteiger partial charge in [-0.3, -0.25) is 9.59 Å². The van der Waals surface area contributed by atoms with Crippen molar-refractivity contribution in [1.29, 1.82) is 0 Å². The highest BCUT2D eigenvalue weighted by Crippen LogP contribution is 2.16. The summed E-state index contributed by atoms with van der Waals surface area (Å²) in [6.45, 7) is 6.31. The van der Waals surface area contributed by atoms with E-state index < -0.39 is 18.2 Å². The second kappa shape index (κ2) is 50.0. The third-order valence-electron chi connectivity index (χ3n) is 11.5. The van der Waals surface area contributed by atoms with Crippen LogP contribution in [0.5, 0.6) is 0 Å². The average Bonchev–Trinajstić information content (AvgIpc) is 3.28. The Labute approximate surface area is 389 Å². The van der Waals surface area contributed by atoms with E-state index in [2.05, 4.69) is 92.9 Å². The van der Waals surface area contributed by atoms with E-state index in [0.29, 0.717) is 19.3 Å². The molecule has 362 valence electrons. The fourth-order valence-corrected chi connectivity index (χ4v) is 7.50. The molecule has 0 aliphatic rings. The lowest BCUT2D eigenvalue weighted by Crippen LogP contribution is -2.46. The molecule has 63 heavy (non-hydrogen) atoms. The van der Waals surface area contributed by atoms with Gasteiger partial charge in [-0.1, -0.05) is 241 Å². The molecule has 0 rings (SSSR count). The van der Waals surface area contributed by atoms with Crippen molar-refractivity contribution < 1.29 is 24.5 Å². The first-order valence-electron chi connectivity index (χ1n) is 26.3. The maximum Gasteiger partial charge on any atom is 0.306 e. The number of nitrogens with one attached hydrogen (secondary N) is 1. The van der Waals surface area contributed by atoms with Crippen molar-refractivity contribution in [2.24, 2.45) is 0 Å². The summed E-state index contributed by atoms with van der Waals surface area (Å²) in [7, 11) is 0. The van der Waals surface area contributed by atoms with Crippen LogP contribution in [0.1, 0.15) is 239 Å². The van der Waals surface area contributed by atoms with Crippen LogP contribution in [0.3, 0.4) is 0 Å². The second-order valence-electron chi connectivity index (χ2n) is 17.5. The molecule has 0 saturated carbocycles. The Bertz CT molecular complexity index is 1210. The number of carbonyl (C=O) groups excluding carboxylic acids is 2. The molecule has 0 aromatic rings. The summed E-state index contributed by atoms with van der Waals surface area (Å²) in [6, 6.07) is -0.756. The van der Waals surface area contributed by atoms with Gasteiger partial charge < -0.3 is 20.3 Å². The molecule has 0 aromatic carbocycles. The van der Waals surface area contributed by atoms with Gasteiger partial charge in [0.1, 0.15) is 6.10 Å². The highest BCUT2D eigenvalue weighted by molar-refractivity contribution is 5.78. The Hall–Kier alpha value is -2.96. The minimum Gasteiger partial charge on any atom is -0.458 e. The first-order valence-corrected chi connectivity index (χ1v) is 26.3. The molecule has 0 aliphatic heterocycles. The van der Waals surface area contributed by atoms with Crippen molar-refractivity contribution in [1.82, 2.24) is 5.32 Å². The molecule has 0 spiro atoms. The number of aliphatic hydroxyl groups excluding tert-OH is 2. The van der Waals surface area contributed by atoms with E-state index in [1.165, 1.54) is 128 Å². The minimum atomic E-state index is -0.831. The molecule has 3 atom stereocenters. The molecule has 0 aliphatic carbocycles. The smallest absolute Gasteiger partial charge is 0.306 e. The highest BCUT2D eigenvalue weighted by atomic mass is 16.5. The van der Waals surface area contributed by atoms with Gasteiger partial charge in [0.2, 0.25) is 5.91 Å². The molecular formula is C57H99NO5. The van der Waals surface area contributed by atoms with Crippen molar-refractivity contribution in [3.8, 4) is 0 Å². The highest BCUT2D eigenvalue weighted by Gasteiger charge is 2.23. The Morgan fingerprint density at radius 3 is 1.35 bits per heavy atom. The zero-order chi connectivity index (χ0) is 45.9. The number of ether oxygens (including phenoxy) is 1. The van der Waals surface area contributed by atoms with Crippen LogP contribution < -0.4 is 5.32 Å². The number of amides is 1. The molecule has 0 radical (unpaired) electrons. The van der Waals surface area contributed by atoms with Crippen LogP contribution in [0, 0.1) is 0 Å². The molecule has 3 N–H and O–H groups in total. The largest absolute Gasteiger partial charge is 0.458 e. The predicted molar refractivity (Wildman–Crippen MR) is 273 cm³/mol. The van der Waals surface area contributed by atoms with E-state index in [9.17, 15) is 19.8 Å². The van der Waals surface area contributed by atoms with Gasteiger partial charge in [0.15, 0.2) is 0 Å². The molecule has 0 saturated heterocycles. The van der Waals surface area contributed by atoms with Gasteiger partial charge in [-0.15, -0.1) is 0 Å². The first-order chi connectivity index (χ1) is 31.0. The van der Waals surface area contributed by atoms with Crippen LogP contribution in [0.15, 0.2) is 85.1 Å².